The van der Waals surface area contributed by atoms with Crippen LogP contribution < -0.4 is 4.90 Å². The van der Waals surface area contributed by atoms with E-state index in [1.807, 2.05) is 0 Å². The fourth-order valence-corrected chi connectivity index (χ4v) is 5.43. The Morgan fingerprint density at radius 1 is 1.03 bits per heavy atom. The van der Waals surface area contributed by atoms with Gasteiger partial charge in [0.1, 0.15) is 0 Å². The van der Waals surface area contributed by atoms with E-state index in [2.05, 4.69) is 74.9 Å². The number of fused-ring (bicyclic) bond motifs is 1. The lowest BCUT2D eigenvalue weighted by molar-refractivity contribution is 0.0665. The van der Waals surface area contributed by atoms with Gasteiger partial charge < -0.3 is 14.7 Å². The van der Waals surface area contributed by atoms with E-state index >= 15 is 0 Å². The van der Waals surface area contributed by atoms with Gasteiger partial charge in [-0.2, -0.15) is 0 Å². The van der Waals surface area contributed by atoms with Crippen LogP contribution in [-0.2, 0) is 0 Å². The number of benzene rings is 1. The van der Waals surface area contributed by atoms with E-state index in [0.29, 0.717) is 6.04 Å². The second-order valence-electron chi connectivity index (χ2n) is 8.62. The highest BCUT2D eigenvalue weighted by atomic mass is 32.1. The molecule has 0 spiro atoms. The van der Waals surface area contributed by atoms with Crippen molar-refractivity contribution in [2.45, 2.75) is 25.3 Å². The van der Waals surface area contributed by atoms with E-state index in [9.17, 15) is 0 Å². The van der Waals surface area contributed by atoms with Gasteiger partial charge in [0, 0.05) is 36.1 Å². The highest BCUT2D eigenvalue weighted by Crippen LogP contribution is 2.36. The maximum absolute atomic E-state index is 4.92. The zero-order valence-corrected chi connectivity index (χ0v) is 17.4. The number of rotatable bonds is 5. The Morgan fingerprint density at radius 3 is 2.72 bits per heavy atom. The molecule has 1 saturated carbocycles. The third kappa shape index (κ3) is 3.32. The lowest BCUT2D eigenvalue weighted by Gasteiger charge is -2.45. The van der Waals surface area contributed by atoms with Gasteiger partial charge in [-0.3, -0.25) is 0 Å². The van der Waals surface area contributed by atoms with Crippen LogP contribution in [0.1, 0.15) is 19.3 Å². The number of nitrogens with zero attached hydrogens (tertiary/aromatic N) is 4. The maximum Gasteiger partial charge on any atom is 0.0944 e. The molecule has 148 valence electrons. The molecule has 0 N–H and O–H groups in total. The Balaban J connectivity index is 1.14. The van der Waals surface area contributed by atoms with Crippen LogP contribution in [0.3, 0.4) is 0 Å². The van der Waals surface area contributed by atoms with Gasteiger partial charge >= 0.3 is 0 Å². The van der Waals surface area contributed by atoms with E-state index < -0.39 is 0 Å². The molecule has 0 radical (unpaired) electrons. The van der Waals surface area contributed by atoms with E-state index in [1.165, 1.54) is 54.8 Å². The van der Waals surface area contributed by atoms with Crippen molar-refractivity contribution in [3.63, 3.8) is 0 Å². The van der Waals surface area contributed by atoms with Crippen molar-refractivity contribution in [3.05, 3.63) is 60.2 Å². The minimum atomic E-state index is 0.714. The molecule has 1 aromatic carbocycles. The molecule has 0 unspecified atom stereocenters. The van der Waals surface area contributed by atoms with Crippen LogP contribution in [0.25, 0.3) is 21.5 Å². The summed E-state index contributed by atoms with van der Waals surface area (Å²) in [7, 11) is 0. The Labute approximate surface area is 176 Å². The van der Waals surface area contributed by atoms with Crippen molar-refractivity contribution in [3.8, 4) is 10.6 Å². The number of aromatic nitrogens is 1. The second-order valence-corrected chi connectivity index (χ2v) is 9.57. The maximum atomic E-state index is 4.92. The van der Waals surface area contributed by atoms with Crippen LogP contribution in [-0.4, -0.2) is 47.1 Å². The van der Waals surface area contributed by atoms with Crippen LogP contribution in [0.5, 0.6) is 0 Å². The number of pyridine rings is 1. The van der Waals surface area contributed by atoms with Gasteiger partial charge in [-0.25, -0.2) is 4.98 Å². The molecule has 3 aromatic rings. The number of likely N-dealkylation sites (tertiary alicyclic amines) is 1. The molecule has 1 aliphatic carbocycles. The van der Waals surface area contributed by atoms with E-state index in [4.69, 9.17) is 4.98 Å². The minimum Gasteiger partial charge on any atom is -0.355 e. The summed E-state index contributed by atoms with van der Waals surface area (Å²) in [6.45, 7) is 4.92. The lowest BCUT2D eigenvalue weighted by Crippen LogP contribution is -2.49. The van der Waals surface area contributed by atoms with Crippen LogP contribution in [0, 0.1) is 5.92 Å². The largest absolute Gasteiger partial charge is 0.355 e. The molecule has 1 saturated heterocycles. The number of hydrogen-bond donors (Lipinski definition) is 0. The van der Waals surface area contributed by atoms with Crippen LogP contribution in [0.15, 0.2) is 60.2 Å². The molecule has 3 aliphatic rings. The predicted octanol–water partition coefficient (Wildman–Crippen LogP) is 5.00. The molecule has 4 heterocycles. The molecule has 0 atom stereocenters. The molecule has 2 aliphatic heterocycles. The molecule has 29 heavy (non-hydrogen) atoms. The van der Waals surface area contributed by atoms with Gasteiger partial charge in [-0.15, -0.1) is 11.3 Å². The predicted molar refractivity (Wildman–Crippen MR) is 121 cm³/mol. The monoisotopic (exact) mass is 402 g/mol. The van der Waals surface area contributed by atoms with Crippen LogP contribution in [0.2, 0.25) is 0 Å². The minimum absolute atomic E-state index is 0.714. The SMILES string of the molecule is C1=CN(C2CC(CN3CCC3)C2)CN1c1ccc2ccc(-c3cccs3)nc2c1. The highest BCUT2D eigenvalue weighted by Gasteiger charge is 2.36. The van der Waals surface area contributed by atoms with Gasteiger partial charge in [0.25, 0.3) is 0 Å². The lowest BCUT2D eigenvalue weighted by atomic mass is 9.79. The highest BCUT2D eigenvalue weighted by molar-refractivity contribution is 7.13. The molecule has 2 fully saturated rings. The van der Waals surface area contributed by atoms with Crippen molar-refractivity contribution in [2.75, 3.05) is 31.2 Å². The smallest absolute Gasteiger partial charge is 0.0944 e. The summed E-state index contributed by atoms with van der Waals surface area (Å²) < 4.78 is 0. The molecular weight excluding hydrogens is 376 g/mol. The van der Waals surface area contributed by atoms with Crippen LogP contribution >= 0.6 is 11.3 Å². The van der Waals surface area contributed by atoms with Crippen LogP contribution in [0.4, 0.5) is 5.69 Å². The van der Waals surface area contributed by atoms with Gasteiger partial charge in [0.2, 0.25) is 0 Å². The zero-order valence-electron chi connectivity index (χ0n) is 16.6. The molecular formula is C24H26N4S. The third-order valence-electron chi connectivity index (χ3n) is 6.68. The standard InChI is InChI=1S/C24H26N4S/c1-3-24(29-12-1)22-7-5-19-4-6-20(15-23(19)25-22)27-10-11-28(17-27)21-13-18(14-21)16-26-8-2-9-26/h1,3-7,10-12,15,18,21H,2,8-9,13-14,16-17H2. The average Bonchev–Trinajstić information content (AvgIpc) is 3.37. The summed E-state index contributed by atoms with van der Waals surface area (Å²) in [4.78, 5) is 13.6. The fourth-order valence-electron chi connectivity index (χ4n) is 4.74. The second kappa shape index (κ2) is 7.15. The topological polar surface area (TPSA) is 22.6 Å². The van der Waals surface area contributed by atoms with Crippen molar-refractivity contribution in [1.29, 1.82) is 0 Å². The first kappa shape index (κ1) is 17.5. The summed E-state index contributed by atoms with van der Waals surface area (Å²) in [5.74, 6) is 0.906. The summed E-state index contributed by atoms with van der Waals surface area (Å²) in [5, 5.41) is 3.30. The summed E-state index contributed by atoms with van der Waals surface area (Å²) in [6.07, 6.45) is 8.60. The van der Waals surface area contributed by atoms with Gasteiger partial charge in [-0.1, -0.05) is 18.2 Å². The zero-order chi connectivity index (χ0) is 19.2. The van der Waals surface area contributed by atoms with Gasteiger partial charge in [-0.05, 0) is 67.9 Å². The molecule has 5 heteroatoms. The molecule has 0 bridgehead atoms. The Morgan fingerprint density at radius 2 is 1.93 bits per heavy atom. The fraction of sp³-hybridized carbons (Fsp3) is 0.375. The average molecular weight is 403 g/mol. The number of thiophene rings is 1. The first-order valence-electron chi connectivity index (χ1n) is 10.7. The molecule has 0 amide bonds. The number of hydrogen-bond acceptors (Lipinski definition) is 5. The Hall–Kier alpha value is -2.37. The number of anilines is 1. The van der Waals surface area contributed by atoms with Gasteiger partial charge in [0.05, 0.1) is 22.8 Å². The summed E-state index contributed by atoms with van der Waals surface area (Å²) in [6, 6.07) is 15.9. The van der Waals surface area contributed by atoms with Gasteiger partial charge in [0.15, 0.2) is 0 Å². The first-order valence-corrected chi connectivity index (χ1v) is 11.6. The summed E-state index contributed by atoms with van der Waals surface area (Å²) in [5.41, 5.74) is 3.35. The van der Waals surface area contributed by atoms with E-state index in [0.717, 1.165) is 23.8 Å². The van der Waals surface area contributed by atoms with Crippen molar-refractivity contribution in [1.82, 2.24) is 14.8 Å². The van der Waals surface area contributed by atoms with Crippen molar-refractivity contribution in [2.24, 2.45) is 5.92 Å². The molecule has 2 aromatic heterocycles. The van der Waals surface area contributed by atoms with Crippen molar-refractivity contribution >= 4 is 27.9 Å². The van der Waals surface area contributed by atoms with E-state index in [-0.39, 0.29) is 0 Å². The molecule has 6 rings (SSSR count). The Bertz CT molecular complexity index is 1030. The van der Waals surface area contributed by atoms with Crippen molar-refractivity contribution < 1.29 is 0 Å². The molecule has 4 nitrogen and oxygen atoms in total. The normalized spacial score (nSPS) is 24.1. The third-order valence-corrected chi connectivity index (χ3v) is 7.57. The quantitative estimate of drug-likeness (QED) is 0.599. The Kier molecular flexibility index (Phi) is 4.31. The van der Waals surface area contributed by atoms with E-state index in [1.54, 1.807) is 11.3 Å². The first-order chi connectivity index (χ1) is 14.3. The summed E-state index contributed by atoms with van der Waals surface area (Å²) >= 11 is 1.74.